The van der Waals surface area contributed by atoms with Crippen LogP contribution in [0.1, 0.15) is 32.6 Å². The molecule has 2 N–H and O–H groups in total. The number of nitrogens with one attached hydrogen (secondary N) is 2. The lowest BCUT2D eigenvalue weighted by molar-refractivity contribution is -0.120. The van der Waals surface area contributed by atoms with Gasteiger partial charge in [-0.1, -0.05) is 18.2 Å². The summed E-state index contributed by atoms with van der Waals surface area (Å²) < 4.78 is 11.5. The van der Waals surface area contributed by atoms with E-state index in [4.69, 9.17) is 9.47 Å². The van der Waals surface area contributed by atoms with Crippen LogP contribution >= 0.6 is 0 Å². The number of para-hydroxylation sites is 1. The first-order valence-electron chi connectivity index (χ1n) is 10.4. The fourth-order valence-corrected chi connectivity index (χ4v) is 3.73. The maximum absolute atomic E-state index is 12.9. The Morgan fingerprint density at radius 3 is 2.58 bits per heavy atom. The predicted octanol–water partition coefficient (Wildman–Crippen LogP) is 3.29. The van der Waals surface area contributed by atoms with Gasteiger partial charge in [0.25, 0.3) is 11.8 Å². The third-order valence-electron chi connectivity index (χ3n) is 5.37. The van der Waals surface area contributed by atoms with Gasteiger partial charge in [-0.3, -0.25) is 15.0 Å². The number of anilines is 2. The van der Waals surface area contributed by atoms with Crippen LogP contribution in [0, 0.1) is 0 Å². The second-order valence-electron chi connectivity index (χ2n) is 7.62. The standard InChI is InChI=1S/C23H26N4O4/c1-15-23(29)27(17-8-4-3-5-9-17)26-21(24-15)22(28)25-16-12-13-19(30-2)20(14-16)31-18-10-6-7-11-18/h3-5,8-9,12-15,18H,6-7,10-11H2,1-2H3,(H,24,26)(H,25,28). The number of carbonyl (C=O) groups is 2. The molecule has 2 amide bonds. The second kappa shape index (κ2) is 9.07. The van der Waals surface area contributed by atoms with Crippen molar-refractivity contribution in [1.82, 2.24) is 5.43 Å². The van der Waals surface area contributed by atoms with E-state index in [0.29, 0.717) is 22.9 Å². The van der Waals surface area contributed by atoms with Gasteiger partial charge in [0.05, 0.1) is 18.9 Å². The number of benzene rings is 2. The van der Waals surface area contributed by atoms with Crippen molar-refractivity contribution in [3.63, 3.8) is 0 Å². The molecule has 0 saturated heterocycles. The normalized spacial score (nSPS) is 18.9. The largest absolute Gasteiger partial charge is 0.493 e. The number of ether oxygens (including phenoxy) is 2. The van der Waals surface area contributed by atoms with E-state index >= 15 is 0 Å². The van der Waals surface area contributed by atoms with Gasteiger partial charge in [-0.2, -0.15) is 0 Å². The van der Waals surface area contributed by atoms with Crippen LogP contribution in [0.15, 0.2) is 53.5 Å². The summed E-state index contributed by atoms with van der Waals surface area (Å²) in [5.74, 6) is 0.592. The Kier molecular flexibility index (Phi) is 6.06. The SMILES string of the molecule is COc1ccc(NC(=O)C2=NC(C)C(=O)N(c3ccccc3)N2)cc1OC1CCCC1. The van der Waals surface area contributed by atoms with Gasteiger partial charge in [-0.15, -0.1) is 0 Å². The molecule has 1 saturated carbocycles. The third-order valence-corrected chi connectivity index (χ3v) is 5.37. The first-order valence-corrected chi connectivity index (χ1v) is 10.4. The van der Waals surface area contributed by atoms with Crippen molar-refractivity contribution in [3.8, 4) is 11.5 Å². The molecule has 8 heteroatoms. The van der Waals surface area contributed by atoms with Gasteiger partial charge in [0.15, 0.2) is 11.5 Å². The second-order valence-corrected chi connectivity index (χ2v) is 7.62. The zero-order chi connectivity index (χ0) is 21.8. The van der Waals surface area contributed by atoms with Crippen molar-refractivity contribution in [2.75, 3.05) is 17.4 Å². The lowest BCUT2D eigenvalue weighted by Crippen LogP contribution is -2.57. The van der Waals surface area contributed by atoms with E-state index in [0.717, 1.165) is 25.7 Å². The van der Waals surface area contributed by atoms with E-state index in [1.54, 1.807) is 44.4 Å². The summed E-state index contributed by atoms with van der Waals surface area (Å²) in [6.07, 6.45) is 4.51. The molecule has 1 aliphatic heterocycles. The lowest BCUT2D eigenvalue weighted by Gasteiger charge is -2.30. The molecule has 0 radical (unpaired) electrons. The highest BCUT2D eigenvalue weighted by Gasteiger charge is 2.31. The summed E-state index contributed by atoms with van der Waals surface area (Å²) in [4.78, 5) is 29.6. The molecule has 0 aromatic heterocycles. The number of methoxy groups -OCH3 is 1. The van der Waals surface area contributed by atoms with Gasteiger partial charge in [0, 0.05) is 11.8 Å². The highest BCUT2D eigenvalue weighted by Crippen LogP contribution is 2.34. The minimum atomic E-state index is -0.681. The average Bonchev–Trinajstić information content (AvgIpc) is 3.29. The molecule has 1 aliphatic carbocycles. The van der Waals surface area contributed by atoms with Gasteiger partial charge in [0.1, 0.15) is 6.04 Å². The van der Waals surface area contributed by atoms with Crippen LogP contribution in [0.5, 0.6) is 11.5 Å². The van der Waals surface area contributed by atoms with Crippen LogP contribution in [-0.2, 0) is 9.59 Å². The van der Waals surface area contributed by atoms with Crippen molar-refractivity contribution in [2.45, 2.75) is 44.8 Å². The molecular formula is C23H26N4O4. The number of aliphatic imine (C=N–C) groups is 1. The molecule has 0 spiro atoms. The van der Waals surface area contributed by atoms with E-state index < -0.39 is 11.9 Å². The Hall–Kier alpha value is -3.55. The Labute approximate surface area is 181 Å². The molecule has 2 aromatic rings. The van der Waals surface area contributed by atoms with Crippen molar-refractivity contribution < 1.29 is 19.1 Å². The molecule has 2 aliphatic rings. The Morgan fingerprint density at radius 1 is 1.13 bits per heavy atom. The molecule has 1 atom stereocenters. The number of hydrazine groups is 1. The molecule has 1 fully saturated rings. The van der Waals surface area contributed by atoms with Crippen LogP contribution in [0.2, 0.25) is 0 Å². The molecule has 162 valence electrons. The zero-order valence-electron chi connectivity index (χ0n) is 17.6. The first kappa shape index (κ1) is 20.7. The van der Waals surface area contributed by atoms with Crippen LogP contribution in [0.4, 0.5) is 11.4 Å². The predicted molar refractivity (Wildman–Crippen MR) is 118 cm³/mol. The number of hydrogen-bond acceptors (Lipinski definition) is 6. The van der Waals surface area contributed by atoms with Crippen molar-refractivity contribution in [3.05, 3.63) is 48.5 Å². The molecule has 0 bridgehead atoms. The van der Waals surface area contributed by atoms with E-state index in [-0.39, 0.29) is 17.8 Å². The highest BCUT2D eigenvalue weighted by molar-refractivity contribution is 6.43. The van der Waals surface area contributed by atoms with Crippen LogP contribution in [0.3, 0.4) is 0 Å². The molecule has 1 unspecified atom stereocenters. The van der Waals surface area contributed by atoms with E-state index in [1.807, 2.05) is 18.2 Å². The summed E-state index contributed by atoms with van der Waals surface area (Å²) in [5, 5.41) is 4.17. The summed E-state index contributed by atoms with van der Waals surface area (Å²) in [5.41, 5.74) is 4.02. The smallest absolute Gasteiger partial charge is 0.292 e. The summed E-state index contributed by atoms with van der Waals surface area (Å²) >= 11 is 0. The minimum Gasteiger partial charge on any atom is -0.493 e. The molecule has 4 rings (SSSR count). The average molecular weight is 422 g/mol. The Balaban J connectivity index is 1.50. The fourth-order valence-electron chi connectivity index (χ4n) is 3.73. The summed E-state index contributed by atoms with van der Waals surface area (Å²) in [6.45, 7) is 1.66. The number of hydrogen-bond donors (Lipinski definition) is 2. The molecule has 2 aromatic carbocycles. The topological polar surface area (TPSA) is 92.3 Å². The number of carbonyl (C=O) groups excluding carboxylic acids is 2. The number of amides is 2. The van der Waals surface area contributed by atoms with Gasteiger partial charge in [-0.25, -0.2) is 10.0 Å². The van der Waals surface area contributed by atoms with Gasteiger partial charge in [0.2, 0.25) is 5.84 Å². The monoisotopic (exact) mass is 422 g/mol. The van der Waals surface area contributed by atoms with Crippen molar-refractivity contribution in [1.29, 1.82) is 0 Å². The van der Waals surface area contributed by atoms with Gasteiger partial charge < -0.3 is 14.8 Å². The fraction of sp³-hybridized carbons (Fsp3) is 0.348. The quantitative estimate of drug-likeness (QED) is 0.745. The molecule has 31 heavy (non-hydrogen) atoms. The highest BCUT2D eigenvalue weighted by atomic mass is 16.5. The molecule has 1 heterocycles. The lowest BCUT2D eigenvalue weighted by atomic mass is 10.2. The van der Waals surface area contributed by atoms with Crippen LogP contribution < -0.4 is 25.2 Å². The van der Waals surface area contributed by atoms with Gasteiger partial charge >= 0.3 is 0 Å². The van der Waals surface area contributed by atoms with E-state index in [9.17, 15) is 9.59 Å². The van der Waals surface area contributed by atoms with Crippen LogP contribution in [0.25, 0.3) is 0 Å². The van der Waals surface area contributed by atoms with Crippen molar-refractivity contribution in [2.24, 2.45) is 4.99 Å². The zero-order valence-corrected chi connectivity index (χ0v) is 17.6. The third kappa shape index (κ3) is 4.63. The van der Waals surface area contributed by atoms with Gasteiger partial charge in [-0.05, 0) is 56.9 Å². The number of nitrogens with zero attached hydrogens (tertiary/aromatic N) is 2. The number of rotatable bonds is 6. The van der Waals surface area contributed by atoms with Crippen LogP contribution in [-0.4, -0.2) is 36.9 Å². The maximum Gasteiger partial charge on any atom is 0.292 e. The first-order chi connectivity index (χ1) is 15.0. The molecular weight excluding hydrogens is 396 g/mol. The molecule has 8 nitrogen and oxygen atoms in total. The number of amidine groups is 1. The van der Waals surface area contributed by atoms with Crippen molar-refractivity contribution >= 4 is 29.0 Å². The Bertz CT molecular complexity index is 986. The minimum absolute atomic E-state index is 0.0602. The summed E-state index contributed by atoms with van der Waals surface area (Å²) in [6, 6.07) is 13.7. The van der Waals surface area contributed by atoms with E-state index in [2.05, 4.69) is 15.7 Å². The summed E-state index contributed by atoms with van der Waals surface area (Å²) in [7, 11) is 1.59. The maximum atomic E-state index is 12.9. The van der Waals surface area contributed by atoms with E-state index in [1.165, 1.54) is 5.01 Å². The Morgan fingerprint density at radius 2 is 1.87 bits per heavy atom.